The fraction of sp³-hybridized carbons (Fsp3) is 0.231. The molecule has 0 aliphatic rings. The smallest absolute Gasteiger partial charge is 0.243 e. The zero-order valence-electron chi connectivity index (χ0n) is 19.8. The van der Waals surface area contributed by atoms with Gasteiger partial charge in [0.2, 0.25) is 21.8 Å². The van der Waals surface area contributed by atoms with Crippen molar-refractivity contribution in [2.24, 2.45) is 0 Å². The second kappa shape index (κ2) is 11.6. The first kappa shape index (κ1) is 25.9. The number of sulfonamides is 1. The van der Waals surface area contributed by atoms with E-state index in [9.17, 15) is 18.0 Å². The summed E-state index contributed by atoms with van der Waals surface area (Å²) in [6.07, 6.45) is 1.44. The minimum Gasteiger partial charge on any atom is -0.464 e. The molecule has 2 aromatic carbocycles. The Morgan fingerprint density at radius 3 is 2.26 bits per heavy atom. The highest BCUT2D eigenvalue weighted by molar-refractivity contribution is 7.89. The van der Waals surface area contributed by atoms with Crippen molar-refractivity contribution in [1.29, 1.82) is 0 Å². The maximum Gasteiger partial charge on any atom is 0.243 e. The van der Waals surface area contributed by atoms with E-state index in [-0.39, 0.29) is 36.3 Å². The molecule has 184 valence electrons. The molecule has 1 aromatic heterocycles. The van der Waals surface area contributed by atoms with Crippen molar-refractivity contribution in [2.45, 2.75) is 31.8 Å². The average molecular weight is 496 g/mol. The van der Waals surface area contributed by atoms with Gasteiger partial charge in [-0.15, -0.1) is 6.58 Å². The molecular weight excluding hydrogens is 466 g/mol. The van der Waals surface area contributed by atoms with Crippen molar-refractivity contribution < 1.29 is 22.4 Å². The van der Waals surface area contributed by atoms with E-state index >= 15 is 0 Å². The van der Waals surface area contributed by atoms with Crippen LogP contribution in [-0.4, -0.2) is 42.5 Å². The number of anilines is 1. The molecule has 0 fully saturated rings. The van der Waals surface area contributed by atoms with Gasteiger partial charge in [-0.25, -0.2) is 8.42 Å². The Bertz CT molecular complexity index is 1270. The van der Waals surface area contributed by atoms with Crippen molar-refractivity contribution in [3.63, 3.8) is 0 Å². The minimum atomic E-state index is -4.00. The van der Waals surface area contributed by atoms with E-state index in [1.54, 1.807) is 11.0 Å². The van der Waals surface area contributed by atoms with E-state index < -0.39 is 10.0 Å². The normalized spacial score (nSPS) is 11.3. The number of benzene rings is 2. The summed E-state index contributed by atoms with van der Waals surface area (Å²) in [5.41, 5.74) is 1.39. The molecule has 2 amide bonds. The first-order chi connectivity index (χ1) is 16.7. The van der Waals surface area contributed by atoms with Crippen molar-refractivity contribution in [1.82, 2.24) is 9.21 Å². The van der Waals surface area contributed by atoms with Gasteiger partial charge in [-0.3, -0.25) is 9.59 Å². The Balaban J connectivity index is 1.83. The van der Waals surface area contributed by atoms with Crippen LogP contribution in [0.5, 0.6) is 0 Å². The highest BCUT2D eigenvalue weighted by Crippen LogP contribution is 2.20. The molecule has 0 saturated heterocycles. The zero-order chi connectivity index (χ0) is 25.4. The molecule has 0 saturated carbocycles. The Morgan fingerprint density at radius 2 is 1.69 bits per heavy atom. The SMILES string of the molecule is C=CCN(CC(=O)N(Cc1ccccc1)Cc1ccc(C)o1)S(=O)(=O)c1ccc(NC(C)=O)cc1. The molecule has 9 heteroatoms. The van der Waals surface area contributed by atoms with Gasteiger partial charge in [0.1, 0.15) is 11.5 Å². The monoisotopic (exact) mass is 495 g/mol. The van der Waals surface area contributed by atoms with Gasteiger partial charge in [-0.2, -0.15) is 4.31 Å². The van der Waals surface area contributed by atoms with Gasteiger partial charge in [-0.1, -0.05) is 36.4 Å². The molecule has 0 bridgehead atoms. The first-order valence-corrected chi connectivity index (χ1v) is 12.5. The van der Waals surface area contributed by atoms with Crippen LogP contribution in [-0.2, 0) is 32.7 Å². The number of hydrogen-bond acceptors (Lipinski definition) is 5. The fourth-order valence-electron chi connectivity index (χ4n) is 3.50. The number of furan rings is 1. The predicted molar refractivity (Wildman–Crippen MR) is 134 cm³/mol. The molecule has 8 nitrogen and oxygen atoms in total. The summed E-state index contributed by atoms with van der Waals surface area (Å²) in [4.78, 5) is 26.2. The Kier molecular flexibility index (Phi) is 8.62. The number of carbonyl (C=O) groups is 2. The lowest BCUT2D eigenvalue weighted by Crippen LogP contribution is -2.42. The van der Waals surface area contributed by atoms with Crippen LogP contribution >= 0.6 is 0 Å². The van der Waals surface area contributed by atoms with Gasteiger partial charge in [0.05, 0.1) is 18.0 Å². The van der Waals surface area contributed by atoms with Crippen LogP contribution in [0.2, 0.25) is 0 Å². The summed E-state index contributed by atoms with van der Waals surface area (Å²) >= 11 is 0. The number of aryl methyl sites for hydroxylation is 1. The van der Waals surface area contributed by atoms with Crippen LogP contribution < -0.4 is 5.32 Å². The maximum absolute atomic E-state index is 13.4. The molecular formula is C26H29N3O5S. The van der Waals surface area contributed by atoms with Gasteiger partial charge < -0.3 is 14.6 Å². The van der Waals surface area contributed by atoms with Crippen LogP contribution in [0, 0.1) is 6.92 Å². The summed E-state index contributed by atoms with van der Waals surface area (Å²) < 4.78 is 33.4. The quantitative estimate of drug-likeness (QED) is 0.406. The van der Waals surface area contributed by atoms with E-state index in [2.05, 4.69) is 11.9 Å². The number of amides is 2. The lowest BCUT2D eigenvalue weighted by molar-refractivity contribution is -0.132. The number of hydrogen-bond donors (Lipinski definition) is 1. The van der Waals surface area contributed by atoms with Gasteiger partial charge in [0.15, 0.2) is 0 Å². The van der Waals surface area contributed by atoms with Crippen LogP contribution in [0.3, 0.4) is 0 Å². The fourth-order valence-corrected chi connectivity index (χ4v) is 4.86. The highest BCUT2D eigenvalue weighted by atomic mass is 32.2. The van der Waals surface area contributed by atoms with E-state index in [0.29, 0.717) is 18.0 Å². The van der Waals surface area contributed by atoms with Crippen molar-refractivity contribution in [3.05, 3.63) is 96.5 Å². The van der Waals surface area contributed by atoms with Crippen LogP contribution in [0.15, 0.2) is 88.7 Å². The molecule has 0 aliphatic heterocycles. The maximum atomic E-state index is 13.4. The predicted octanol–water partition coefficient (Wildman–Crippen LogP) is 3.95. The Hall–Kier alpha value is -3.69. The molecule has 0 spiro atoms. The second-order valence-electron chi connectivity index (χ2n) is 8.04. The summed E-state index contributed by atoms with van der Waals surface area (Å²) in [5, 5.41) is 2.60. The van der Waals surface area contributed by atoms with E-state index in [4.69, 9.17) is 4.42 Å². The molecule has 35 heavy (non-hydrogen) atoms. The summed E-state index contributed by atoms with van der Waals surface area (Å²) in [6, 6.07) is 18.9. The van der Waals surface area contributed by atoms with Crippen LogP contribution in [0.1, 0.15) is 24.0 Å². The Labute approximate surface area is 205 Å². The van der Waals surface area contributed by atoms with Gasteiger partial charge in [-0.05, 0) is 48.9 Å². The third-order valence-corrected chi connectivity index (χ3v) is 6.99. The molecule has 0 radical (unpaired) electrons. The number of carbonyl (C=O) groups excluding carboxylic acids is 2. The van der Waals surface area contributed by atoms with E-state index in [1.807, 2.05) is 43.3 Å². The third-order valence-electron chi connectivity index (χ3n) is 5.17. The summed E-state index contributed by atoms with van der Waals surface area (Å²) in [7, 11) is -4.00. The second-order valence-corrected chi connectivity index (χ2v) is 9.98. The number of rotatable bonds is 11. The zero-order valence-corrected chi connectivity index (χ0v) is 20.6. The highest BCUT2D eigenvalue weighted by Gasteiger charge is 2.28. The molecule has 1 heterocycles. The van der Waals surface area contributed by atoms with Gasteiger partial charge >= 0.3 is 0 Å². The van der Waals surface area contributed by atoms with E-state index in [0.717, 1.165) is 15.6 Å². The minimum absolute atomic E-state index is 0.0116. The van der Waals surface area contributed by atoms with Gasteiger partial charge in [0, 0.05) is 25.7 Å². The van der Waals surface area contributed by atoms with Gasteiger partial charge in [0.25, 0.3) is 0 Å². The standard InChI is InChI=1S/C26H29N3O5S/c1-4-16-29(35(32,33)25-14-11-23(12-15-25)27-21(3)30)19-26(31)28(17-22-8-6-5-7-9-22)18-24-13-10-20(2)34-24/h4-15H,1,16-19H2,2-3H3,(H,27,30). The summed E-state index contributed by atoms with van der Waals surface area (Å²) in [5.74, 6) is 0.706. The average Bonchev–Trinajstić information content (AvgIpc) is 3.23. The molecule has 0 unspecified atom stereocenters. The topological polar surface area (TPSA) is 99.9 Å². The molecule has 0 aliphatic carbocycles. The molecule has 1 N–H and O–H groups in total. The largest absolute Gasteiger partial charge is 0.464 e. The molecule has 3 aromatic rings. The molecule has 0 atom stereocenters. The third kappa shape index (κ3) is 7.14. The number of nitrogens with zero attached hydrogens (tertiary/aromatic N) is 2. The Morgan fingerprint density at radius 1 is 1.00 bits per heavy atom. The summed E-state index contributed by atoms with van der Waals surface area (Å²) in [6.45, 7) is 6.94. The van der Waals surface area contributed by atoms with Crippen LogP contribution in [0.25, 0.3) is 0 Å². The van der Waals surface area contributed by atoms with Crippen LogP contribution in [0.4, 0.5) is 5.69 Å². The van der Waals surface area contributed by atoms with E-state index in [1.165, 1.54) is 37.3 Å². The lowest BCUT2D eigenvalue weighted by atomic mass is 10.2. The van der Waals surface area contributed by atoms with Crippen molar-refractivity contribution >= 4 is 27.5 Å². The molecule has 3 rings (SSSR count). The number of nitrogens with one attached hydrogen (secondary N) is 1. The lowest BCUT2D eigenvalue weighted by Gasteiger charge is -2.26. The van der Waals surface area contributed by atoms with Crippen molar-refractivity contribution in [3.8, 4) is 0 Å². The first-order valence-electron chi connectivity index (χ1n) is 11.0. The van der Waals surface area contributed by atoms with Crippen molar-refractivity contribution in [2.75, 3.05) is 18.4 Å².